The van der Waals surface area contributed by atoms with Crippen molar-refractivity contribution in [3.8, 4) is 0 Å². The van der Waals surface area contributed by atoms with Gasteiger partial charge < -0.3 is 4.90 Å². The average molecular weight is 285 g/mol. The van der Waals surface area contributed by atoms with E-state index in [0.29, 0.717) is 5.56 Å². The number of aryl methyl sites for hydroxylation is 1. The molecule has 0 bridgehead atoms. The molecule has 1 unspecified atom stereocenters. The number of hydrogen-bond donors (Lipinski definition) is 0. The molecule has 5 nitrogen and oxygen atoms in total. The molecule has 1 aliphatic heterocycles. The van der Waals surface area contributed by atoms with Gasteiger partial charge in [0.05, 0.1) is 6.04 Å². The van der Waals surface area contributed by atoms with Gasteiger partial charge in [-0.3, -0.25) is 4.68 Å². The van der Waals surface area contributed by atoms with Gasteiger partial charge in [-0.1, -0.05) is 0 Å². The second kappa shape index (κ2) is 4.84. The van der Waals surface area contributed by atoms with Gasteiger partial charge >= 0.3 is 0 Å². The predicted molar refractivity (Wildman–Crippen MR) is 67.4 cm³/mol. The fourth-order valence-electron chi connectivity index (χ4n) is 2.56. The van der Waals surface area contributed by atoms with Crippen molar-refractivity contribution in [2.24, 2.45) is 7.05 Å². The second-order valence-electron chi connectivity index (χ2n) is 4.52. The molecule has 1 saturated heterocycles. The zero-order valence-corrected chi connectivity index (χ0v) is 11.1. The Labute approximate surface area is 113 Å². The van der Waals surface area contributed by atoms with Crippen molar-refractivity contribution in [1.82, 2.24) is 19.1 Å². The van der Waals surface area contributed by atoms with Crippen LogP contribution < -0.4 is 4.90 Å². The first-order chi connectivity index (χ1) is 9.16. The standard InChI is InChI=1S/C11H13F2N5S/c1-17-5-7(9(16-17)10(12)13)8-3-2-4-18(8)11-14-6-15-19-11/h5-6,8,10H,2-4H2,1H3. The lowest BCUT2D eigenvalue weighted by Crippen LogP contribution is -2.22. The molecular weight excluding hydrogens is 272 g/mol. The highest BCUT2D eigenvalue weighted by Crippen LogP contribution is 2.39. The molecule has 1 atom stereocenters. The summed E-state index contributed by atoms with van der Waals surface area (Å²) in [6.45, 7) is 0.817. The van der Waals surface area contributed by atoms with Crippen molar-refractivity contribution in [1.29, 1.82) is 0 Å². The zero-order chi connectivity index (χ0) is 13.4. The van der Waals surface area contributed by atoms with E-state index in [1.54, 1.807) is 13.2 Å². The molecule has 2 aromatic heterocycles. The maximum Gasteiger partial charge on any atom is 0.282 e. The summed E-state index contributed by atoms with van der Waals surface area (Å²) in [5.74, 6) is 0. The van der Waals surface area contributed by atoms with Gasteiger partial charge in [-0.25, -0.2) is 13.8 Å². The molecule has 1 aliphatic rings. The van der Waals surface area contributed by atoms with E-state index in [1.165, 1.54) is 22.5 Å². The maximum absolute atomic E-state index is 13.0. The van der Waals surface area contributed by atoms with Crippen LogP contribution in [0.3, 0.4) is 0 Å². The Morgan fingerprint density at radius 2 is 2.32 bits per heavy atom. The van der Waals surface area contributed by atoms with E-state index < -0.39 is 6.43 Å². The van der Waals surface area contributed by atoms with Crippen molar-refractivity contribution < 1.29 is 8.78 Å². The SMILES string of the molecule is Cn1cc(C2CCCN2c2ncns2)c(C(F)F)n1. The minimum Gasteiger partial charge on any atom is -0.340 e. The maximum atomic E-state index is 13.0. The van der Waals surface area contributed by atoms with Gasteiger partial charge in [-0.15, -0.1) is 0 Å². The summed E-state index contributed by atoms with van der Waals surface area (Å²) >= 11 is 1.29. The molecule has 0 radical (unpaired) electrons. The molecule has 0 aliphatic carbocycles. The summed E-state index contributed by atoms with van der Waals surface area (Å²) in [6.07, 6.45) is 2.43. The fraction of sp³-hybridized carbons (Fsp3) is 0.545. The molecule has 0 spiro atoms. The lowest BCUT2D eigenvalue weighted by molar-refractivity contribution is 0.143. The highest BCUT2D eigenvalue weighted by Gasteiger charge is 2.33. The van der Waals surface area contributed by atoms with E-state index in [2.05, 4.69) is 14.5 Å². The molecule has 3 heterocycles. The minimum absolute atomic E-state index is 0.0781. The molecule has 1 fully saturated rings. The topological polar surface area (TPSA) is 46.8 Å². The van der Waals surface area contributed by atoms with Gasteiger partial charge in [0.2, 0.25) is 5.13 Å². The molecule has 0 saturated carbocycles. The number of anilines is 1. The minimum atomic E-state index is -2.55. The lowest BCUT2D eigenvalue weighted by Gasteiger charge is -2.23. The molecular formula is C11H13F2N5S. The number of halogens is 2. The van der Waals surface area contributed by atoms with Gasteiger partial charge in [0.1, 0.15) is 12.0 Å². The van der Waals surface area contributed by atoms with E-state index in [9.17, 15) is 8.78 Å². The highest BCUT2D eigenvalue weighted by molar-refractivity contribution is 7.09. The zero-order valence-electron chi connectivity index (χ0n) is 10.3. The van der Waals surface area contributed by atoms with E-state index in [1.807, 2.05) is 4.90 Å². The monoisotopic (exact) mass is 285 g/mol. The summed E-state index contributed by atoms with van der Waals surface area (Å²) in [5.41, 5.74) is 0.481. The number of hydrogen-bond acceptors (Lipinski definition) is 5. The van der Waals surface area contributed by atoms with Crippen LogP contribution in [-0.2, 0) is 7.05 Å². The summed E-state index contributed by atoms with van der Waals surface area (Å²) in [7, 11) is 1.67. The van der Waals surface area contributed by atoms with Gasteiger partial charge in [-0.05, 0) is 12.8 Å². The van der Waals surface area contributed by atoms with Crippen LogP contribution in [0.25, 0.3) is 0 Å². The third kappa shape index (κ3) is 2.20. The van der Waals surface area contributed by atoms with Gasteiger partial charge in [0.15, 0.2) is 0 Å². The predicted octanol–water partition coefficient (Wildman–Crippen LogP) is 2.55. The van der Waals surface area contributed by atoms with Crippen molar-refractivity contribution >= 4 is 16.7 Å². The van der Waals surface area contributed by atoms with E-state index in [4.69, 9.17) is 0 Å². The smallest absolute Gasteiger partial charge is 0.282 e. The van der Waals surface area contributed by atoms with Crippen LogP contribution >= 0.6 is 11.5 Å². The van der Waals surface area contributed by atoms with Crippen LogP contribution in [0.4, 0.5) is 13.9 Å². The Kier molecular flexibility index (Phi) is 3.17. The van der Waals surface area contributed by atoms with Gasteiger partial charge in [0, 0.05) is 36.9 Å². The van der Waals surface area contributed by atoms with Crippen LogP contribution in [0.2, 0.25) is 0 Å². The largest absolute Gasteiger partial charge is 0.340 e. The third-order valence-electron chi connectivity index (χ3n) is 3.30. The van der Waals surface area contributed by atoms with Crippen molar-refractivity contribution in [3.63, 3.8) is 0 Å². The Bertz CT molecular complexity index is 553. The molecule has 3 rings (SSSR count). The van der Waals surface area contributed by atoms with Crippen LogP contribution in [-0.4, -0.2) is 25.7 Å². The number of nitrogens with zero attached hydrogens (tertiary/aromatic N) is 5. The fourth-order valence-corrected chi connectivity index (χ4v) is 3.17. The van der Waals surface area contributed by atoms with Crippen LogP contribution in [0.1, 0.15) is 36.6 Å². The molecule has 102 valence electrons. The van der Waals surface area contributed by atoms with Gasteiger partial charge in [0.25, 0.3) is 6.43 Å². The summed E-state index contributed by atoms with van der Waals surface area (Å²) in [4.78, 5) is 6.22. The van der Waals surface area contributed by atoms with Gasteiger partial charge in [-0.2, -0.15) is 9.47 Å². The van der Waals surface area contributed by atoms with E-state index in [-0.39, 0.29) is 11.7 Å². The van der Waals surface area contributed by atoms with Crippen molar-refractivity contribution in [2.75, 3.05) is 11.4 Å². The quantitative estimate of drug-likeness (QED) is 0.869. The molecule has 0 amide bonds. The molecule has 8 heteroatoms. The van der Waals surface area contributed by atoms with Crippen LogP contribution in [0, 0.1) is 0 Å². The average Bonchev–Trinajstić information content (AvgIpc) is 3.07. The molecule has 0 aromatic carbocycles. The Morgan fingerprint density at radius 3 is 3.00 bits per heavy atom. The summed E-state index contributed by atoms with van der Waals surface area (Å²) < 4.78 is 31.5. The summed E-state index contributed by atoms with van der Waals surface area (Å²) in [6, 6.07) is -0.0781. The third-order valence-corrected chi connectivity index (χ3v) is 4.00. The number of rotatable bonds is 3. The Hall–Kier alpha value is -1.57. The van der Waals surface area contributed by atoms with Crippen molar-refractivity contribution in [2.45, 2.75) is 25.3 Å². The van der Waals surface area contributed by atoms with Crippen LogP contribution in [0.15, 0.2) is 12.5 Å². The number of alkyl halides is 2. The summed E-state index contributed by atoms with van der Waals surface area (Å²) in [5, 5.41) is 4.66. The first-order valence-electron chi connectivity index (χ1n) is 6.01. The highest BCUT2D eigenvalue weighted by atomic mass is 32.1. The number of aromatic nitrogens is 4. The van der Waals surface area contributed by atoms with Crippen molar-refractivity contribution in [3.05, 3.63) is 23.8 Å². The second-order valence-corrected chi connectivity index (χ2v) is 5.28. The lowest BCUT2D eigenvalue weighted by atomic mass is 10.1. The Balaban J connectivity index is 1.97. The first kappa shape index (κ1) is 12.5. The molecule has 0 N–H and O–H groups in total. The van der Waals surface area contributed by atoms with Crippen LogP contribution in [0.5, 0.6) is 0 Å². The molecule has 2 aromatic rings. The Morgan fingerprint density at radius 1 is 1.47 bits per heavy atom. The normalized spacial score (nSPS) is 19.6. The first-order valence-corrected chi connectivity index (χ1v) is 6.79. The molecule has 19 heavy (non-hydrogen) atoms. The van der Waals surface area contributed by atoms with E-state index >= 15 is 0 Å². The van der Waals surface area contributed by atoms with E-state index in [0.717, 1.165) is 24.5 Å².